The summed E-state index contributed by atoms with van der Waals surface area (Å²) in [5, 5.41) is 9.03. The fraction of sp³-hybridized carbons (Fsp3) is 0.500. The molecule has 1 aliphatic rings. The van der Waals surface area contributed by atoms with Crippen LogP contribution in [0.25, 0.3) is 0 Å². The predicted octanol–water partition coefficient (Wildman–Crippen LogP) is 2.09. The van der Waals surface area contributed by atoms with E-state index in [0.29, 0.717) is 32.7 Å². The molecule has 0 bridgehead atoms. The van der Waals surface area contributed by atoms with Crippen LogP contribution < -0.4 is 0 Å². The van der Waals surface area contributed by atoms with Crippen LogP contribution in [0.4, 0.5) is 0 Å². The summed E-state index contributed by atoms with van der Waals surface area (Å²) >= 11 is 0. The number of carboxylic acid groups (broad SMARTS) is 1. The molecule has 0 atom stereocenters. The van der Waals surface area contributed by atoms with Crippen LogP contribution in [0.15, 0.2) is 18.2 Å². The molecule has 0 saturated carbocycles. The quantitative estimate of drug-likeness (QED) is 0.815. The SMILES string of the molecule is CCOCCCC(=O)N1CCc2ccc(C(=O)O)cc2C1. The average molecular weight is 291 g/mol. The standard InChI is InChI=1S/C16H21NO4/c1-2-21-9-3-4-15(18)17-8-7-12-5-6-13(16(19)20)10-14(12)11-17/h5-6,10H,2-4,7-9,11H2,1H3,(H,19,20). The molecule has 1 aromatic carbocycles. The third-order valence-electron chi connectivity index (χ3n) is 3.70. The Hall–Kier alpha value is -1.88. The van der Waals surface area contributed by atoms with E-state index in [1.807, 2.05) is 13.0 Å². The van der Waals surface area contributed by atoms with Crippen molar-refractivity contribution in [3.8, 4) is 0 Å². The van der Waals surface area contributed by atoms with Crippen LogP contribution in [0.5, 0.6) is 0 Å². The number of nitrogens with zero attached hydrogens (tertiary/aromatic N) is 1. The minimum Gasteiger partial charge on any atom is -0.478 e. The number of amides is 1. The summed E-state index contributed by atoms with van der Waals surface area (Å²) in [5.41, 5.74) is 2.36. The number of hydrogen-bond donors (Lipinski definition) is 1. The number of ether oxygens (including phenoxy) is 1. The summed E-state index contributed by atoms with van der Waals surface area (Å²) in [6.45, 7) is 4.42. The fourth-order valence-corrected chi connectivity index (χ4v) is 2.53. The Bertz CT molecular complexity index is 527. The minimum absolute atomic E-state index is 0.112. The maximum Gasteiger partial charge on any atom is 0.335 e. The molecule has 5 heteroatoms. The van der Waals surface area contributed by atoms with Gasteiger partial charge in [0.15, 0.2) is 0 Å². The van der Waals surface area contributed by atoms with Gasteiger partial charge in [0.25, 0.3) is 0 Å². The van der Waals surface area contributed by atoms with Crippen molar-refractivity contribution in [2.75, 3.05) is 19.8 Å². The first-order chi connectivity index (χ1) is 10.1. The van der Waals surface area contributed by atoms with Crippen molar-refractivity contribution in [3.63, 3.8) is 0 Å². The van der Waals surface area contributed by atoms with E-state index in [4.69, 9.17) is 9.84 Å². The summed E-state index contributed by atoms with van der Waals surface area (Å²) in [4.78, 5) is 25.0. The van der Waals surface area contributed by atoms with E-state index in [-0.39, 0.29) is 11.5 Å². The molecule has 0 aromatic heterocycles. The van der Waals surface area contributed by atoms with Crippen LogP contribution in [0.3, 0.4) is 0 Å². The van der Waals surface area contributed by atoms with Crippen LogP contribution in [-0.4, -0.2) is 41.6 Å². The molecule has 0 spiro atoms. The first kappa shape index (κ1) is 15.5. The maximum absolute atomic E-state index is 12.1. The number of aromatic carboxylic acids is 1. The summed E-state index contributed by atoms with van der Waals surface area (Å²) < 4.78 is 5.23. The lowest BCUT2D eigenvalue weighted by Crippen LogP contribution is -2.36. The molecule has 0 fully saturated rings. The van der Waals surface area contributed by atoms with E-state index in [9.17, 15) is 9.59 Å². The molecule has 21 heavy (non-hydrogen) atoms. The lowest BCUT2D eigenvalue weighted by molar-refractivity contribution is -0.132. The van der Waals surface area contributed by atoms with Crippen LogP contribution in [0, 0.1) is 0 Å². The van der Waals surface area contributed by atoms with E-state index in [1.165, 1.54) is 0 Å². The second-order valence-corrected chi connectivity index (χ2v) is 5.15. The first-order valence-electron chi connectivity index (χ1n) is 7.32. The zero-order valence-corrected chi connectivity index (χ0v) is 12.3. The Morgan fingerprint density at radius 1 is 1.33 bits per heavy atom. The first-order valence-corrected chi connectivity index (χ1v) is 7.32. The Morgan fingerprint density at radius 3 is 2.86 bits per heavy atom. The molecule has 0 radical (unpaired) electrons. The van der Waals surface area contributed by atoms with Crippen molar-refractivity contribution in [2.45, 2.75) is 32.7 Å². The maximum atomic E-state index is 12.1. The molecular weight excluding hydrogens is 270 g/mol. The van der Waals surface area contributed by atoms with Gasteiger partial charge in [-0.1, -0.05) is 6.07 Å². The molecule has 0 unspecified atom stereocenters. The molecule has 1 aromatic rings. The Morgan fingerprint density at radius 2 is 2.14 bits per heavy atom. The highest BCUT2D eigenvalue weighted by molar-refractivity contribution is 5.88. The predicted molar refractivity (Wildman–Crippen MR) is 78.2 cm³/mol. The second-order valence-electron chi connectivity index (χ2n) is 5.15. The van der Waals surface area contributed by atoms with Crippen LogP contribution in [0.1, 0.15) is 41.3 Å². The number of hydrogen-bond acceptors (Lipinski definition) is 3. The number of rotatable bonds is 6. The second kappa shape index (κ2) is 7.22. The number of carboxylic acids is 1. The van der Waals surface area contributed by atoms with Crippen LogP contribution in [-0.2, 0) is 22.5 Å². The minimum atomic E-state index is -0.932. The Balaban J connectivity index is 1.96. The highest BCUT2D eigenvalue weighted by atomic mass is 16.5. The van der Waals surface area contributed by atoms with Gasteiger partial charge in [-0.2, -0.15) is 0 Å². The van der Waals surface area contributed by atoms with Crippen LogP contribution >= 0.6 is 0 Å². The highest BCUT2D eigenvalue weighted by Crippen LogP contribution is 2.21. The van der Waals surface area contributed by atoms with Gasteiger partial charge in [0.1, 0.15) is 0 Å². The third-order valence-corrected chi connectivity index (χ3v) is 3.70. The van der Waals surface area contributed by atoms with Crippen molar-refractivity contribution in [3.05, 3.63) is 34.9 Å². The van der Waals surface area contributed by atoms with Gasteiger partial charge in [-0.05, 0) is 43.0 Å². The summed E-state index contributed by atoms with van der Waals surface area (Å²) in [7, 11) is 0. The monoisotopic (exact) mass is 291 g/mol. The molecule has 1 amide bonds. The van der Waals surface area contributed by atoms with Crippen molar-refractivity contribution in [1.29, 1.82) is 0 Å². The zero-order valence-electron chi connectivity index (χ0n) is 12.3. The van der Waals surface area contributed by atoms with Gasteiger partial charge in [-0.25, -0.2) is 4.79 Å². The number of benzene rings is 1. The van der Waals surface area contributed by atoms with Gasteiger partial charge >= 0.3 is 5.97 Å². The van der Waals surface area contributed by atoms with E-state index in [0.717, 1.165) is 24.0 Å². The third kappa shape index (κ3) is 4.04. The molecule has 5 nitrogen and oxygen atoms in total. The normalized spacial score (nSPS) is 13.9. The topological polar surface area (TPSA) is 66.8 Å². The van der Waals surface area contributed by atoms with E-state index in [1.54, 1.807) is 17.0 Å². The number of carbonyl (C=O) groups excluding carboxylic acids is 1. The summed E-state index contributed by atoms with van der Waals surface area (Å²) in [6.07, 6.45) is 1.99. The van der Waals surface area contributed by atoms with Crippen molar-refractivity contribution < 1.29 is 19.4 Å². The molecule has 1 N–H and O–H groups in total. The van der Waals surface area contributed by atoms with Crippen molar-refractivity contribution in [1.82, 2.24) is 4.90 Å². The molecule has 1 heterocycles. The fourth-order valence-electron chi connectivity index (χ4n) is 2.53. The molecule has 0 aliphatic carbocycles. The molecule has 0 saturated heterocycles. The Labute approximate surface area is 124 Å². The van der Waals surface area contributed by atoms with E-state index in [2.05, 4.69) is 0 Å². The lowest BCUT2D eigenvalue weighted by atomic mass is 9.97. The van der Waals surface area contributed by atoms with E-state index < -0.39 is 5.97 Å². The summed E-state index contributed by atoms with van der Waals surface area (Å²) in [5.74, 6) is -0.820. The van der Waals surface area contributed by atoms with Crippen molar-refractivity contribution >= 4 is 11.9 Å². The van der Waals surface area contributed by atoms with Gasteiger partial charge in [-0.3, -0.25) is 4.79 Å². The smallest absolute Gasteiger partial charge is 0.335 e. The van der Waals surface area contributed by atoms with Gasteiger partial charge in [0, 0.05) is 32.7 Å². The number of fused-ring (bicyclic) bond motifs is 1. The van der Waals surface area contributed by atoms with Gasteiger partial charge in [0.2, 0.25) is 5.91 Å². The van der Waals surface area contributed by atoms with Gasteiger partial charge in [0.05, 0.1) is 5.56 Å². The number of carbonyl (C=O) groups is 2. The van der Waals surface area contributed by atoms with Gasteiger partial charge < -0.3 is 14.7 Å². The van der Waals surface area contributed by atoms with E-state index >= 15 is 0 Å². The molecule has 2 rings (SSSR count). The molecule has 114 valence electrons. The zero-order chi connectivity index (χ0) is 15.2. The van der Waals surface area contributed by atoms with Crippen LogP contribution in [0.2, 0.25) is 0 Å². The average Bonchev–Trinajstić information content (AvgIpc) is 2.50. The summed E-state index contributed by atoms with van der Waals surface area (Å²) in [6, 6.07) is 5.16. The lowest BCUT2D eigenvalue weighted by Gasteiger charge is -2.29. The van der Waals surface area contributed by atoms with Gasteiger partial charge in [-0.15, -0.1) is 0 Å². The van der Waals surface area contributed by atoms with Crippen molar-refractivity contribution in [2.24, 2.45) is 0 Å². The highest BCUT2D eigenvalue weighted by Gasteiger charge is 2.21. The molecule has 1 aliphatic heterocycles. The Kier molecular flexibility index (Phi) is 5.33. The molecular formula is C16H21NO4. The largest absolute Gasteiger partial charge is 0.478 e.